The molecular formula is C19H23N2O5P. The van der Waals surface area contributed by atoms with Crippen LogP contribution in [0.3, 0.4) is 0 Å². The molecule has 1 N–H and O–H groups in total. The van der Waals surface area contributed by atoms with E-state index in [0.29, 0.717) is 11.5 Å². The van der Waals surface area contributed by atoms with Gasteiger partial charge in [-0.2, -0.15) is 5.09 Å². The van der Waals surface area contributed by atoms with Gasteiger partial charge in [0.1, 0.15) is 22.9 Å². The van der Waals surface area contributed by atoms with E-state index in [9.17, 15) is 9.47 Å². The van der Waals surface area contributed by atoms with Crippen LogP contribution in [0.25, 0.3) is 0 Å². The number of nitroso groups, excluding NO2 is 1. The summed E-state index contributed by atoms with van der Waals surface area (Å²) < 4.78 is 30.2. The predicted molar refractivity (Wildman–Crippen MR) is 105 cm³/mol. The van der Waals surface area contributed by atoms with Crippen LogP contribution < -0.4 is 14.1 Å². The van der Waals surface area contributed by atoms with Gasteiger partial charge in [-0.25, -0.2) is 4.57 Å². The quantitative estimate of drug-likeness (QED) is 0.324. The molecule has 144 valence electrons. The summed E-state index contributed by atoms with van der Waals surface area (Å²) in [5, 5.41) is 5.65. The first-order chi connectivity index (χ1) is 12.8. The second-order valence-electron chi connectivity index (χ2n) is 6.06. The zero-order valence-electron chi connectivity index (χ0n) is 15.5. The molecule has 2 atom stereocenters. The molecule has 0 bridgehead atoms. The van der Waals surface area contributed by atoms with Crippen molar-refractivity contribution in [2.75, 3.05) is 0 Å². The van der Waals surface area contributed by atoms with Crippen LogP contribution in [-0.4, -0.2) is 12.1 Å². The first kappa shape index (κ1) is 20.7. The van der Waals surface area contributed by atoms with Gasteiger partial charge in [0.25, 0.3) is 0 Å². The van der Waals surface area contributed by atoms with Gasteiger partial charge < -0.3 is 13.8 Å². The average Bonchev–Trinajstić information content (AvgIpc) is 2.62. The van der Waals surface area contributed by atoms with E-state index < -0.39 is 13.8 Å². The molecule has 0 spiro atoms. The fourth-order valence-corrected chi connectivity index (χ4v) is 3.67. The maximum absolute atomic E-state index is 13.4. The highest BCUT2D eigenvalue weighted by Crippen LogP contribution is 2.46. The molecule has 1 unspecified atom stereocenters. The SMILES string of the molecule is C=C(OC(C)C)[C@@H](C)NP(=O)(Oc1ccccc1)Oc1ccc(N=O)cc1. The Morgan fingerprint density at radius 3 is 2.07 bits per heavy atom. The summed E-state index contributed by atoms with van der Waals surface area (Å²) >= 11 is 0. The summed E-state index contributed by atoms with van der Waals surface area (Å²) in [7, 11) is -3.84. The second-order valence-corrected chi connectivity index (χ2v) is 7.68. The van der Waals surface area contributed by atoms with Crippen LogP contribution in [0.5, 0.6) is 11.5 Å². The van der Waals surface area contributed by atoms with Crippen LogP contribution in [-0.2, 0) is 9.30 Å². The van der Waals surface area contributed by atoms with Crippen molar-refractivity contribution >= 4 is 13.4 Å². The Hall–Kier alpha value is -2.63. The number of rotatable bonds is 10. The number of nitrogens with one attached hydrogen (secondary N) is 1. The molecule has 0 heterocycles. The van der Waals surface area contributed by atoms with Gasteiger partial charge in [-0.15, -0.1) is 4.91 Å². The summed E-state index contributed by atoms with van der Waals surface area (Å²) in [5.74, 6) is 1.05. The zero-order chi connectivity index (χ0) is 19.9. The Kier molecular flexibility index (Phi) is 7.16. The van der Waals surface area contributed by atoms with E-state index in [-0.39, 0.29) is 17.5 Å². The van der Waals surface area contributed by atoms with E-state index in [2.05, 4.69) is 16.8 Å². The molecule has 0 saturated heterocycles. The van der Waals surface area contributed by atoms with Crippen molar-refractivity contribution < 1.29 is 18.3 Å². The summed E-state index contributed by atoms with van der Waals surface area (Å²) in [5.41, 5.74) is 0.237. The molecule has 0 saturated carbocycles. The fraction of sp³-hybridized carbons (Fsp3) is 0.263. The van der Waals surface area contributed by atoms with Gasteiger partial charge in [-0.1, -0.05) is 24.8 Å². The predicted octanol–water partition coefficient (Wildman–Crippen LogP) is 5.57. The van der Waals surface area contributed by atoms with E-state index in [0.717, 1.165) is 0 Å². The summed E-state index contributed by atoms with van der Waals surface area (Å²) in [4.78, 5) is 10.5. The highest BCUT2D eigenvalue weighted by Gasteiger charge is 2.32. The zero-order valence-corrected chi connectivity index (χ0v) is 16.4. The molecule has 0 fully saturated rings. The first-order valence-corrected chi connectivity index (χ1v) is 9.96. The van der Waals surface area contributed by atoms with Crippen molar-refractivity contribution in [1.29, 1.82) is 0 Å². The molecule has 7 nitrogen and oxygen atoms in total. The minimum absolute atomic E-state index is 0.0690. The smallest absolute Gasteiger partial charge is 0.494 e. The van der Waals surface area contributed by atoms with Crippen LogP contribution in [0.15, 0.2) is 72.1 Å². The van der Waals surface area contributed by atoms with Crippen molar-refractivity contribution in [3.8, 4) is 11.5 Å². The lowest BCUT2D eigenvalue weighted by Crippen LogP contribution is -2.30. The summed E-state index contributed by atoms with van der Waals surface area (Å²) in [6.07, 6.45) is -0.0690. The highest BCUT2D eigenvalue weighted by molar-refractivity contribution is 7.52. The molecule has 0 aliphatic rings. The minimum Gasteiger partial charge on any atom is -0.494 e. The fourth-order valence-electron chi connectivity index (χ4n) is 2.11. The van der Waals surface area contributed by atoms with Crippen molar-refractivity contribution in [3.05, 3.63) is 71.8 Å². The normalized spacial score (nSPS) is 14.1. The van der Waals surface area contributed by atoms with Crippen LogP contribution in [0, 0.1) is 4.91 Å². The van der Waals surface area contributed by atoms with Crippen LogP contribution >= 0.6 is 7.75 Å². The van der Waals surface area contributed by atoms with Gasteiger partial charge >= 0.3 is 7.75 Å². The third-order valence-corrected chi connectivity index (χ3v) is 4.96. The Morgan fingerprint density at radius 2 is 1.56 bits per heavy atom. The van der Waals surface area contributed by atoms with E-state index in [1.165, 1.54) is 24.3 Å². The largest absolute Gasteiger partial charge is 0.513 e. The van der Waals surface area contributed by atoms with E-state index >= 15 is 0 Å². The Balaban J connectivity index is 2.22. The molecule has 0 amide bonds. The first-order valence-electron chi connectivity index (χ1n) is 8.42. The molecule has 0 aliphatic carbocycles. The monoisotopic (exact) mass is 390 g/mol. The molecule has 2 aromatic rings. The van der Waals surface area contributed by atoms with Gasteiger partial charge in [0.2, 0.25) is 0 Å². The van der Waals surface area contributed by atoms with Crippen molar-refractivity contribution in [2.45, 2.75) is 32.9 Å². The highest BCUT2D eigenvalue weighted by atomic mass is 31.2. The topological polar surface area (TPSA) is 86.2 Å². The molecule has 2 rings (SSSR count). The molecule has 2 aromatic carbocycles. The van der Waals surface area contributed by atoms with Gasteiger partial charge in [-0.3, -0.25) is 0 Å². The third kappa shape index (κ3) is 6.55. The average molecular weight is 390 g/mol. The van der Waals surface area contributed by atoms with Crippen molar-refractivity contribution in [1.82, 2.24) is 5.09 Å². The lowest BCUT2D eigenvalue weighted by atomic mass is 10.3. The Morgan fingerprint density at radius 1 is 1.00 bits per heavy atom. The molecule has 0 radical (unpaired) electrons. The lowest BCUT2D eigenvalue weighted by Gasteiger charge is -2.25. The second kappa shape index (κ2) is 9.35. The number of hydrogen-bond donors (Lipinski definition) is 1. The van der Waals surface area contributed by atoms with Crippen LogP contribution in [0.1, 0.15) is 20.8 Å². The Labute approximate surface area is 158 Å². The maximum atomic E-state index is 13.4. The van der Waals surface area contributed by atoms with E-state index in [4.69, 9.17) is 13.8 Å². The van der Waals surface area contributed by atoms with Gasteiger partial charge in [0, 0.05) is 0 Å². The summed E-state index contributed by atoms with van der Waals surface area (Å²) in [6, 6.07) is 14.1. The molecule has 8 heteroatoms. The van der Waals surface area contributed by atoms with Gasteiger partial charge in [0.05, 0.1) is 12.1 Å². The van der Waals surface area contributed by atoms with Crippen LogP contribution in [0.2, 0.25) is 0 Å². The molecule has 0 aromatic heterocycles. The minimum atomic E-state index is -3.84. The lowest BCUT2D eigenvalue weighted by molar-refractivity contribution is 0.133. The molecule has 27 heavy (non-hydrogen) atoms. The molecular weight excluding hydrogens is 367 g/mol. The number of hydrogen-bond acceptors (Lipinski definition) is 6. The molecule has 0 aliphatic heterocycles. The summed E-state index contributed by atoms with van der Waals surface area (Å²) in [6.45, 7) is 9.34. The number of para-hydroxylation sites is 1. The van der Waals surface area contributed by atoms with Crippen LogP contribution in [0.4, 0.5) is 5.69 Å². The van der Waals surface area contributed by atoms with Crippen molar-refractivity contribution in [3.63, 3.8) is 0 Å². The number of ether oxygens (including phenoxy) is 1. The van der Waals surface area contributed by atoms with E-state index in [1.807, 2.05) is 19.9 Å². The van der Waals surface area contributed by atoms with Crippen molar-refractivity contribution in [2.24, 2.45) is 5.18 Å². The number of nitrogens with zero attached hydrogens (tertiary/aromatic N) is 1. The third-order valence-electron chi connectivity index (χ3n) is 3.36. The Bertz CT molecular complexity index is 809. The van der Waals surface area contributed by atoms with E-state index in [1.54, 1.807) is 31.2 Å². The maximum Gasteiger partial charge on any atom is 0.513 e. The number of benzene rings is 2. The van der Waals surface area contributed by atoms with Gasteiger partial charge in [0.15, 0.2) is 0 Å². The standard InChI is InChI=1S/C19H23N2O5P/c1-14(2)24-16(4)15(3)21-27(23,25-18-8-6-5-7-9-18)26-19-12-10-17(20-22)11-13-19/h5-15H,4H2,1-3H3,(H,21,23)/t15-,27?/m1/s1. The van der Waals surface area contributed by atoms with Gasteiger partial charge in [-0.05, 0) is 62.3 Å².